The van der Waals surface area contributed by atoms with Gasteiger partial charge in [0.1, 0.15) is 17.2 Å². The van der Waals surface area contributed by atoms with Crippen LogP contribution in [-0.4, -0.2) is 30.1 Å². The van der Waals surface area contributed by atoms with Crippen LogP contribution in [0.3, 0.4) is 0 Å². The Kier molecular flexibility index (Phi) is 4.93. The average Bonchev–Trinajstić information content (AvgIpc) is 2.54. The summed E-state index contributed by atoms with van der Waals surface area (Å²) in [6.07, 6.45) is 3.02. The maximum Gasteiger partial charge on any atom is 0.271 e. The van der Waals surface area contributed by atoms with Crippen LogP contribution in [0.4, 0.5) is 0 Å². The lowest BCUT2D eigenvalue weighted by Gasteiger charge is -2.18. The molecule has 6 heteroatoms. The van der Waals surface area contributed by atoms with Gasteiger partial charge in [-0.1, -0.05) is 0 Å². The van der Waals surface area contributed by atoms with Crippen LogP contribution in [0.5, 0.6) is 11.5 Å². The van der Waals surface area contributed by atoms with E-state index in [4.69, 9.17) is 9.47 Å². The first-order chi connectivity index (χ1) is 10.5. The monoisotopic (exact) mass is 301 g/mol. The van der Waals surface area contributed by atoms with E-state index in [1.54, 1.807) is 20.4 Å². The van der Waals surface area contributed by atoms with Crippen LogP contribution in [0.15, 0.2) is 30.6 Å². The van der Waals surface area contributed by atoms with Crippen LogP contribution in [0.25, 0.3) is 0 Å². The number of nitrogens with one attached hydrogen (secondary N) is 1. The van der Waals surface area contributed by atoms with Gasteiger partial charge in [-0.2, -0.15) is 0 Å². The number of ether oxygens (including phenoxy) is 2. The predicted octanol–water partition coefficient (Wildman–Crippen LogP) is 2.29. The highest BCUT2D eigenvalue weighted by Crippen LogP contribution is 2.29. The first kappa shape index (κ1) is 15.8. The van der Waals surface area contributed by atoms with Gasteiger partial charge in [0.25, 0.3) is 5.91 Å². The highest BCUT2D eigenvalue weighted by Gasteiger charge is 2.17. The molecule has 22 heavy (non-hydrogen) atoms. The Labute approximate surface area is 129 Å². The van der Waals surface area contributed by atoms with Crippen LogP contribution in [-0.2, 0) is 0 Å². The van der Waals surface area contributed by atoms with Crippen molar-refractivity contribution in [1.29, 1.82) is 0 Å². The van der Waals surface area contributed by atoms with Gasteiger partial charge in [0.05, 0.1) is 32.2 Å². The molecule has 116 valence electrons. The number of amides is 1. The van der Waals surface area contributed by atoms with E-state index in [1.807, 2.05) is 32.0 Å². The van der Waals surface area contributed by atoms with E-state index in [0.29, 0.717) is 11.5 Å². The molecule has 1 atom stereocenters. The first-order valence-corrected chi connectivity index (χ1v) is 6.86. The van der Waals surface area contributed by atoms with Crippen molar-refractivity contribution in [1.82, 2.24) is 15.3 Å². The van der Waals surface area contributed by atoms with E-state index in [9.17, 15) is 4.79 Å². The summed E-state index contributed by atoms with van der Waals surface area (Å²) in [5, 5.41) is 2.88. The van der Waals surface area contributed by atoms with Gasteiger partial charge in [0, 0.05) is 11.8 Å². The molecule has 2 rings (SSSR count). The van der Waals surface area contributed by atoms with Crippen molar-refractivity contribution in [2.45, 2.75) is 19.9 Å². The Bertz CT molecular complexity index is 656. The van der Waals surface area contributed by atoms with Crippen molar-refractivity contribution in [3.05, 3.63) is 47.5 Å². The quantitative estimate of drug-likeness (QED) is 0.917. The van der Waals surface area contributed by atoms with Crippen molar-refractivity contribution >= 4 is 5.91 Å². The number of benzene rings is 1. The maximum absolute atomic E-state index is 12.2. The predicted molar refractivity (Wildman–Crippen MR) is 82.2 cm³/mol. The van der Waals surface area contributed by atoms with Crippen molar-refractivity contribution in [2.75, 3.05) is 14.2 Å². The molecule has 0 saturated carbocycles. The van der Waals surface area contributed by atoms with E-state index in [2.05, 4.69) is 15.3 Å². The number of methoxy groups -OCH3 is 2. The summed E-state index contributed by atoms with van der Waals surface area (Å²) in [7, 11) is 3.18. The van der Waals surface area contributed by atoms with E-state index in [1.165, 1.54) is 6.20 Å². The lowest BCUT2D eigenvalue weighted by Crippen LogP contribution is -2.27. The summed E-state index contributed by atoms with van der Waals surface area (Å²) >= 11 is 0. The second-order valence-corrected chi connectivity index (χ2v) is 4.85. The second kappa shape index (κ2) is 6.89. The molecule has 0 aliphatic carbocycles. The van der Waals surface area contributed by atoms with Crippen LogP contribution < -0.4 is 14.8 Å². The zero-order valence-electron chi connectivity index (χ0n) is 13.1. The van der Waals surface area contributed by atoms with Crippen LogP contribution in [0.2, 0.25) is 0 Å². The fraction of sp³-hybridized carbons (Fsp3) is 0.312. The van der Waals surface area contributed by atoms with Crippen molar-refractivity contribution in [3.8, 4) is 11.5 Å². The number of rotatable bonds is 5. The average molecular weight is 301 g/mol. The van der Waals surface area contributed by atoms with E-state index in [0.717, 1.165) is 11.3 Å². The maximum atomic E-state index is 12.2. The Morgan fingerprint density at radius 2 is 1.95 bits per heavy atom. The second-order valence-electron chi connectivity index (χ2n) is 4.85. The van der Waals surface area contributed by atoms with Gasteiger partial charge in [0.15, 0.2) is 0 Å². The molecule has 0 unspecified atom stereocenters. The highest BCUT2D eigenvalue weighted by molar-refractivity contribution is 5.92. The third kappa shape index (κ3) is 3.52. The molecule has 0 bridgehead atoms. The number of carbonyl (C=O) groups is 1. The zero-order valence-corrected chi connectivity index (χ0v) is 13.1. The molecule has 1 aromatic heterocycles. The largest absolute Gasteiger partial charge is 0.497 e. The minimum atomic E-state index is -0.287. The summed E-state index contributed by atoms with van der Waals surface area (Å²) in [6.45, 7) is 3.69. The van der Waals surface area contributed by atoms with E-state index < -0.39 is 0 Å². The summed E-state index contributed by atoms with van der Waals surface area (Å²) in [5.41, 5.74) is 1.87. The molecule has 1 aromatic carbocycles. The Morgan fingerprint density at radius 1 is 1.18 bits per heavy atom. The standard InChI is InChI=1S/C16H19N3O3/c1-10-8-18-14(9-17-10)16(20)19-11(2)13-7-12(21-3)5-6-15(13)22-4/h5-9,11H,1-4H3,(H,19,20)/t11-/m1/s1. The number of aromatic nitrogens is 2. The number of aryl methyl sites for hydroxylation is 1. The van der Waals surface area contributed by atoms with Gasteiger partial charge in [-0.15, -0.1) is 0 Å². The number of hydrogen-bond donors (Lipinski definition) is 1. The third-order valence-corrected chi connectivity index (χ3v) is 3.26. The molecule has 1 heterocycles. The topological polar surface area (TPSA) is 73.3 Å². The van der Waals surface area contributed by atoms with Crippen molar-refractivity contribution in [2.24, 2.45) is 0 Å². The van der Waals surface area contributed by atoms with Gasteiger partial charge >= 0.3 is 0 Å². The Hall–Kier alpha value is -2.63. The van der Waals surface area contributed by atoms with Gasteiger partial charge in [-0.25, -0.2) is 4.98 Å². The Balaban J connectivity index is 2.19. The fourth-order valence-corrected chi connectivity index (χ4v) is 2.04. The molecule has 1 N–H and O–H groups in total. The molecule has 0 aliphatic rings. The smallest absolute Gasteiger partial charge is 0.271 e. The summed E-state index contributed by atoms with van der Waals surface area (Å²) in [5.74, 6) is 1.10. The molecule has 0 aliphatic heterocycles. The van der Waals surface area contributed by atoms with Gasteiger partial charge in [-0.05, 0) is 32.0 Å². The summed E-state index contributed by atoms with van der Waals surface area (Å²) < 4.78 is 10.6. The molecule has 0 saturated heterocycles. The summed E-state index contributed by atoms with van der Waals surface area (Å²) in [4.78, 5) is 20.4. The van der Waals surface area contributed by atoms with Crippen molar-refractivity contribution < 1.29 is 14.3 Å². The van der Waals surface area contributed by atoms with E-state index >= 15 is 0 Å². The minimum absolute atomic E-state index is 0.263. The highest BCUT2D eigenvalue weighted by atomic mass is 16.5. The van der Waals surface area contributed by atoms with Gasteiger partial charge in [-0.3, -0.25) is 9.78 Å². The third-order valence-electron chi connectivity index (χ3n) is 3.26. The molecular formula is C16H19N3O3. The summed E-state index contributed by atoms with van der Waals surface area (Å²) in [6, 6.07) is 5.19. The Morgan fingerprint density at radius 3 is 2.55 bits per heavy atom. The zero-order chi connectivity index (χ0) is 16.1. The van der Waals surface area contributed by atoms with Crippen LogP contribution in [0.1, 0.15) is 34.7 Å². The normalized spacial score (nSPS) is 11.6. The fourth-order valence-electron chi connectivity index (χ4n) is 2.04. The molecule has 6 nitrogen and oxygen atoms in total. The number of hydrogen-bond acceptors (Lipinski definition) is 5. The first-order valence-electron chi connectivity index (χ1n) is 6.86. The lowest BCUT2D eigenvalue weighted by atomic mass is 10.1. The van der Waals surface area contributed by atoms with E-state index in [-0.39, 0.29) is 17.6 Å². The molecule has 1 amide bonds. The lowest BCUT2D eigenvalue weighted by molar-refractivity contribution is 0.0934. The van der Waals surface area contributed by atoms with Gasteiger partial charge in [0.2, 0.25) is 0 Å². The molecule has 0 radical (unpaired) electrons. The van der Waals surface area contributed by atoms with Crippen LogP contribution in [0, 0.1) is 6.92 Å². The van der Waals surface area contributed by atoms with Crippen LogP contribution >= 0.6 is 0 Å². The van der Waals surface area contributed by atoms with Gasteiger partial charge < -0.3 is 14.8 Å². The minimum Gasteiger partial charge on any atom is -0.497 e. The SMILES string of the molecule is COc1ccc(OC)c([C@@H](C)NC(=O)c2cnc(C)cn2)c1. The number of carbonyl (C=O) groups excluding carboxylic acids is 1. The van der Waals surface area contributed by atoms with Crippen molar-refractivity contribution in [3.63, 3.8) is 0 Å². The molecule has 0 fully saturated rings. The number of nitrogens with zero attached hydrogens (tertiary/aromatic N) is 2. The molecular weight excluding hydrogens is 282 g/mol. The molecule has 2 aromatic rings. The molecule has 0 spiro atoms.